The maximum absolute atomic E-state index is 5.91. The van der Waals surface area contributed by atoms with E-state index in [1.165, 1.54) is 0 Å². The smallest absolute Gasteiger partial charge is 0.187 e. The molecule has 3 rings (SSSR count). The van der Waals surface area contributed by atoms with Crippen molar-refractivity contribution in [3.63, 3.8) is 0 Å². The van der Waals surface area contributed by atoms with Gasteiger partial charge in [-0.25, -0.2) is 4.98 Å². The minimum atomic E-state index is 0. The van der Waals surface area contributed by atoms with Gasteiger partial charge >= 0.3 is 0 Å². The molecule has 0 amide bonds. The molecule has 0 spiro atoms. The highest BCUT2D eigenvalue weighted by Crippen LogP contribution is 2.28. The molecule has 1 N–H and O–H groups in total. The monoisotopic (exact) mass is 410 g/mol. The van der Waals surface area contributed by atoms with E-state index in [4.69, 9.17) is 16.3 Å². The lowest BCUT2D eigenvalue weighted by molar-refractivity contribution is 0.340. The molecule has 0 unspecified atom stereocenters. The summed E-state index contributed by atoms with van der Waals surface area (Å²) in [6.45, 7) is 2.64. The van der Waals surface area contributed by atoms with Crippen LogP contribution in [0.4, 0.5) is 10.8 Å². The fourth-order valence-electron chi connectivity index (χ4n) is 2.01. The summed E-state index contributed by atoms with van der Waals surface area (Å²) in [7, 11) is 0. The molecule has 3 nitrogen and oxygen atoms in total. The van der Waals surface area contributed by atoms with Crippen LogP contribution in [0.1, 0.15) is 6.92 Å². The number of anilines is 2. The van der Waals surface area contributed by atoms with Crippen LogP contribution in [0, 0.1) is 0 Å². The Kier molecular flexibility index (Phi) is 6.45. The van der Waals surface area contributed by atoms with Crippen molar-refractivity contribution in [3.8, 4) is 17.0 Å². The third-order valence-corrected chi connectivity index (χ3v) is 4.07. The average Bonchev–Trinajstić information content (AvgIpc) is 2.99. The molecule has 1 aromatic heterocycles. The Balaban J connectivity index is 0.00000192. The van der Waals surface area contributed by atoms with Gasteiger partial charge in [0.25, 0.3) is 0 Å². The van der Waals surface area contributed by atoms with Crippen molar-refractivity contribution in [1.29, 1.82) is 0 Å². The Hall–Kier alpha value is -1.56. The first-order valence-corrected chi connectivity index (χ1v) is 8.21. The molecule has 2 aromatic carbocycles. The summed E-state index contributed by atoms with van der Waals surface area (Å²) in [4.78, 5) is 4.60. The van der Waals surface area contributed by atoms with E-state index in [1.807, 2.05) is 60.8 Å². The number of hydrogen-bond acceptors (Lipinski definition) is 4. The van der Waals surface area contributed by atoms with E-state index in [2.05, 4.69) is 10.3 Å². The number of aromatic nitrogens is 1. The molecule has 6 heteroatoms. The fourth-order valence-corrected chi connectivity index (χ4v) is 2.87. The first-order valence-electron chi connectivity index (χ1n) is 6.96. The highest BCUT2D eigenvalue weighted by atomic mass is 79.9. The largest absolute Gasteiger partial charge is 0.494 e. The molecule has 0 bridgehead atoms. The van der Waals surface area contributed by atoms with Gasteiger partial charge in [-0.05, 0) is 43.3 Å². The van der Waals surface area contributed by atoms with E-state index in [1.54, 1.807) is 11.3 Å². The number of halogens is 2. The zero-order chi connectivity index (χ0) is 15.4. The molecule has 1 heterocycles. The van der Waals surface area contributed by atoms with Gasteiger partial charge in [-0.3, -0.25) is 0 Å². The molecular weight excluding hydrogens is 396 g/mol. The van der Waals surface area contributed by atoms with Gasteiger partial charge in [-0.15, -0.1) is 28.3 Å². The number of rotatable bonds is 5. The maximum Gasteiger partial charge on any atom is 0.187 e. The Bertz CT molecular complexity index is 744. The van der Waals surface area contributed by atoms with Crippen molar-refractivity contribution in [3.05, 3.63) is 58.9 Å². The Morgan fingerprint density at radius 2 is 1.78 bits per heavy atom. The van der Waals surface area contributed by atoms with E-state index in [0.717, 1.165) is 32.8 Å². The fraction of sp³-hybridized carbons (Fsp3) is 0.118. The van der Waals surface area contributed by atoms with Crippen LogP contribution in [0.5, 0.6) is 5.75 Å². The third kappa shape index (κ3) is 4.70. The molecule has 120 valence electrons. The molecule has 0 aliphatic heterocycles. The van der Waals surface area contributed by atoms with Crippen molar-refractivity contribution >= 4 is 50.7 Å². The standard InChI is InChI=1S/C17H15ClN2OS.BrH/c1-2-21-15-9-7-14(8-10-15)19-17-20-16(11-22-17)12-3-5-13(18)6-4-12;/h3-11H,2H2,1H3,(H,19,20);1H. The summed E-state index contributed by atoms with van der Waals surface area (Å²) in [6, 6.07) is 15.5. The minimum absolute atomic E-state index is 0. The highest BCUT2D eigenvalue weighted by Gasteiger charge is 2.05. The highest BCUT2D eigenvalue weighted by molar-refractivity contribution is 8.93. The van der Waals surface area contributed by atoms with Crippen molar-refractivity contribution < 1.29 is 4.74 Å². The van der Waals surface area contributed by atoms with E-state index in [-0.39, 0.29) is 17.0 Å². The Morgan fingerprint density at radius 3 is 2.43 bits per heavy atom. The molecule has 0 radical (unpaired) electrons. The number of ether oxygens (including phenoxy) is 1. The molecule has 0 saturated heterocycles. The minimum Gasteiger partial charge on any atom is -0.494 e. The molecule has 0 aliphatic rings. The average molecular weight is 412 g/mol. The van der Waals surface area contributed by atoms with Gasteiger partial charge in [-0.1, -0.05) is 23.7 Å². The van der Waals surface area contributed by atoms with Gasteiger partial charge in [0.05, 0.1) is 12.3 Å². The first-order chi connectivity index (χ1) is 10.7. The van der Waals surface area contributed by atoms with Crippen LogP contribution in [0.25, 0.3) is 11.3 Å². The van der Waals surface area contributed by atoms with Gasteiger partial charge in [-0.2, -0.15) is 0 Å². The predicted octanol–water partition coefficient (Wildman–Crippen LogP) is 6.18. The number of nitrogens with zero attached hydrogens (tertiary/aromatic N) is 1. The lowest BCUT2D eigenvalue weighted by Crippen LogP contribution is -1.92. The van der Waals surface area contributed by atoms with Gasteiger partial charge in [0.1, 0.15) is 5.75 Å². The van der Waals surface area contributed by atoms with Crippen LogP contribution in [0.2, 0.25) is 5.02 Å². The molecule has 0 aliphatic carbocycles. The summed E-state index contributed by atoms with van der Waals surface area (Å²) >= 11 is 7.48. The first kappa shape index (κ1) is 17.8. The van der Waals surface area contributed by atoms with Crippen molar-refractivity contribution in [1.82, 2.24) is 4.98 Å². The van der Waals surface area contributed by atoms with Crippen LogP contribution in [0.3, 0.4) is 0 Å². The summed E-state index contributed by atoms with van der Waals surface area (Å²) in [5.74, 6) is 0.869. The molecule has 0 fully saturated rings. The number of thiazole rings is 1. The van der Waals surface area contributed by atoms with Crippen molar-refractivity contribution in [2.24, 2.45) is 0 Å². The van der Waals surface area contributed by atoms with Crippen molar-refractivity contribution in [2.75, 3.05) is 11.9 Å². The zero-order valence-corrected chi connectivity index (χ0v) is 15.7. The Labute approximate surface area is 155 Å². The van der Waals surface area contributed by atoms with E-state index < -0.39 is 0 Å². The molecule has 0 atom stereocenters. The second-order valence-corrected chi connectivity index (χ2v) is 5.92. The van der Waals surface area contributed by atoms with Gasteiger partial charge < -0.3 is 10.1 Å². The van der Waals surface area contributed by atoms with Crippen LogP contribution in [-0.2, 0) is 0 Å². The lowest BCUT2D eigenvalue weighted by atomic mass is 10.2. The van der Waals surface area contributed by atoms with E-state index >= 15 is 0 Å². The lowest BCUT2D eigenvalue weighted by Gasteiger charge is -2.05. The topological polar surface area (TPSA) is 34.1 Å². The van der Waals surface area contributed by atoms with E-state index in [0.29, 0.717) is 6.61 Å². The van der Waals surface area contributed by atoms with Crippen LogP contribution < -0.4 is 10.1 Å². The molecule has 0 saturated carbocycles. The van der Waals surface area contributed by atoms with Crippen LogP contribution in [0.15, 0.2) is 53.9 Å². The SMILES string of the molecule is Br.CCOc1ccc(Nc2nc(-c3ccc(Cl)cc3)cs2)cc1. The summed E-state index contributed by atoms with van der Waals surface area (Å²) in [5.41, 5.74) is 2.98. The maximum atomic E-state index is 5.91. The predicted molar refractivity (Wildman–Crippen MR) is 104 cm³/mol. The Morgan fingerprint density at radius 1 is 1.09 bits per heavy atom. The van der Waals surface area contributed by atoms with Gasteiger partial charge in [0, 0.05) is 21.7 Å². The van der Waals surface area contributed by atoms with Gasteiger partial charge in [0.2, 0.25) is 0 Å². The molecular formula is C17H16BrClN2OS. The van der Waals surface area contributed by atoms with Crippen LogP contribution >= 0.6 is 39.9 Å². The van der Waals surface area contributed by atoms with Gasteiger partial charge in [0.15, 0.2) is 5.13 Å². The summed E-state index contributed by atoms with van der Waals surface area (Å²) in [5, 5.41) is 6.91. The third-order valence-electron chi connectivity index (χ3n) is 3.06. The number of benzene rings is 2. The molecule has 3 aromatic rings. The summed E-state index contributed by atoms with van der Waals surface area (Å²) < 4.78 is 5.43. The number of hydrogen-bond donors (Lipinski definition) is 1. The summed E-state index contributed by atoms with van der Waals surface area (Å²) in [6.07, 6.45) is 0. The molecule has 23 heavy (non-hydrogen) atoms. The normalized spacial score (nSPS) is 10.0. The zero-order valence-electron chi connectivity index (χ0n) is 12.5. The van der Waals surface area contributed by atoms with E-state index in [9.17, 15) is 0 Å². The van der Waals surface area contributed by atoms with Crippen LogP contribution in [-0.4, -0.2) is 11.6 Å². The second kappa shape index (κ2) is 8.34. The second-order valence-electron chi connectivity index (χ2n) is 4.63. The van der Waals surface area contributed by atoms with Crippen molar-refractivity contribution in [2.45, 2.75) is 6.92 Å². The number of nitrogens with one attached hydrogen (secondary N) is 1. The quantitative estimate of drug-likeness (QED) is 0.544.